The summed E-state index contributed by atoms with van der Waals surface area (Å²) in [4.78, 5) is 21.9. The first kappa shape index (κ1) is 9.17. The van der Waals surface area contributed by atoms with Crippen molar-refractivity contribution in [1.82, 2.24) is 15.0 Å². The Kier molecular flexibility index (Phi) is 2.58. The van der Waals surface area contributed by atoms with Crippen molar-refractivity contribution in [1.29, 1.82) is 0 Å². The second kappa shape index (κ2) is 3.65. The molecule has 1 heterocycles. The summed E-state index contributed by atoms with van der Waals surface area (Å²) in [6.07, 6.45) is 1.15. The van der Waals surface area contributed by atoms with E-state index in [9.17, 15) is 9.59 Å². The van der Waals surface area contributed by atoms with E-state index in [0.717, 1.165) is 11.0 Å². The van der Waals surface area contributed by atoms with Gasteiger partial charge in [0.05, 0.1) is 13.3 Å². The van der Waals surface area contributed by atoms with Crippen molar-refractivity contribution in [3.63, 3.8) is 0 Å². The average molecular weight is 185 g/mol. The highest BCUT2D eigenvalue weighted by Crippen LogP contribution is 1.93. The number of ether oxygens (including phenoxy) is 1. The summed E-state index contributed by atoms with van der Waals surface area (Å²) >= 11 is 0. The quantitative estimate of drug-likeness (QED) is 0.616. The van der Waals surface area contributed by atoms with Crippen LogP contribution in [0.4, 0.5) is 0 Å². The van der Waals surface area contributed by atoms with Crippen molar-refractivity contribution in [3.05, 3.63) is 11.9 Å². The van der Waals surface area contributed by atoms with Crippen molar-refractivity contribution < 1.29 is 19.4 Å². The maximum Gasteiger partial charge on any atom is 0.360 e. The molecule has 0 saturated heterocycles. The molecule has 0 fully saturated rings. The molecule has 0 aliphatic carbocycles. The van der Waals surface area contributed by atoms with Gasteiger partial charge in [-0.1, -0.05) is 0 Å². The first-order chi connectivity index (χ1) is 6.13. The Morgan fingerprint density at radius 2 is 2.38 bits per heavy atom. The third-order valence-electron chi connectivity index (χ3n) is 1.21. The van der Waals surface area contributed by atoms with Gasteiger partial charge >= 0.3 is 11.9 Å². The molecule has 13 heavy (non-hydrogen) atoms. The number of aromatic nitrogens is 3. The highest BCUT2D eigenvalue weighted by molar-refractivity contribution is 5.86. The summed E-state index contributed by atoms with van der Waals surface area (Å²) in [6.45, 7) is -0.378. The molecule has 0 atom stereocenters. The summed E-state index contributed by atoms with van der Waals surface area (Å²) in [5.74, 6) is -1.72. The van der Waals surface area contributed by atoms with Gasteiger partial charge in [-0.15, -0.1) is 5.10 Å². The highest BCUT2D eigenvalue weighted by Gasteiger charge is 2.11. The van der Waals surface area contributed by atoms with Crippen LogP contribution >= 0.6 is 0 Å². The predicted octanol–water partition coefficient (Wildman–Crippen LogP) is -0.851. The number of aliphatic carboxylic acids is 1. The average Bonchev–Trinajstić information content (AvgIpc) is 2.50. The van der Waals surface area contributed by atoms with E-state index in [1.807, 2.05) is 0 Å². The lowest BCUT2D eigenvalue weighted by Gasteiger charge is -1.92. The van der Waals surface area contributed by atoms with E-state index >= 15 is 0 Å². The van der Waals surface area contributed by atoms with E-state index in [1.54, 1.807) is 0 Å². The fraction of sp³-hybridized carbons (Fsp3) is 0.333. The van der Waals surface area contributed by atoms with Crippen LogP contribution in [0.5, 0.6) is 0 Å². The molecule has 1 aromatic rings. The normalized spacial score (nSPS) is 9.62. The third kappa shape index (κ3) is 2.26. The van der Waals surface area contributed by atoms with E-state index in [2.05, 4.69) is 14.9 Å². The van der Waals surface area contributed by atoms with Gasteiger partial charge in [0.25, 0.3) is 0 Å². The number of hydrogen-bond acceptors (Lipinski definition) is 5. The molecular formula is C6H7N3O4. The van der Waals surface area contributed by atoms with Gasteiger partial charge in [0, 0.05) is 0 Å². The fourth-order valence-electron chi connectivity index (χ4n) is 0.693. The van der Waals surface area contributed by atoms with Crippen LogP contribution in [0.25, 0.3) is 0 Å². The summed E-state index contributed by atoms with van der Waals surface area (Å²) in [5, 5.41) is 15.5. The SMILES string of the molecule is COC(=O)c1cnn(CC(=O)O)n1. The number of methoxy groups -OCH3 is 1. The first-order valence-corrected chi connectivity index (χ1v) is 3.33. The molecule has 70 valence electrons. The zero-order valence-corrected chi connectivity index (χ0v) is 6.80. The Balaban J connectivity index is 2.74. The van der Waals surface area contributed by atoms with Crippen LogP contribution in [0, 0.1) is 0 Å². The molecule has 0 amide bonds. The van der Waals surface area contributed by atoms with Crippen LogP contribution < -0.4 is 0 Å². The standard InChI is InChI=1S/C6H7N3O4/c1-13-6(12)4-2-7-9(8-4)3-5(10)11/h2H,3H2,1H3,(H,10,11). The van der Waals surface area contributed by atoms with Gasteiger partial charge in [0.1, 0.15) is 0 Å². The monoisotopic (exact) mass is 185 g/mol. The molecule has 0 radical (unpaired) electrons. The molecule has 0 unspecified atom stereocenters. The van der Waals surface area contributed by atoms with Gasteiger partial charge in [0.2, 0.25) is 0 Å². The Morgan fingerprint density at radius 1 is 1.69 bits per heavy atom. The Morgan fingerprint density at radius 3 is 2.92 bits per heavy atom. The molecule has 1 rings (SSSR count). The molecular weight excluding hydrogens is 178 g/mol. The molecule has 1 aromatic heterocycles. The van der Waals surface area contributed by atoms with Crippen molar-refractivity contribution in [2.24, 2.45) is 0 Å². The van der Waals surface area contributed by atoms with Crippen molar-refractivity contribution >= 4 is 11.9 Å². The maximum atomic E-state index is 10.8. The van der Waals surface area contributed by atoms with E-state index in [4.69, 9.17) is 5.11 Å². The number of carboxylic acid groups (broad SMARTS) is 1. The zero-order valence-electron chi connectivity index (χ0n) is 6.80. The van der Waals surface area contributed by atoms with Crippen LogP contribution in [0.1, 0.15) is 10.5 Å². The number of hydrogen-bond donors (Lipinski definition) is 1. The lowest BCUT2D eigenvalue weighted by atomic mass is 10.5. The van der Waals surface area contributed by atoms with E-state index < -0.39 is 11.9 Å². The summed E-state index contributed by atoms with van der Waals surface area (Å²) < 4.78 is 4.35. The lowest BCUT2D eigenvalue weighted by Crippen LogP contribution is -2.12. The number of rotatable bonds is 3. The number of carbonyl (C=O) groups is 2. The molecule has 0 bridgehead atoms. The lowest BCUT2D eigenvalue weighted by molar-refractivity contribution is -0.138. The predicted molar refractivity (Wildman–Crippen MR) is 39.0 cm³/mol. The van der Waals surface area contributed by atoms with Gasteiger partial charge in [-0.3, -0.25) is 4.79 Å². The maximum absolute atomic E-state index is 10.8. The number of esters is 1. The van der Waals surface area contributed by atoms with E-state index in [0.29, 0.717) is 0 Å². The van der Waals surface area contributed by atoms with Crippen molar-refractivity contribution in [2.45, 2.75) is 6.54 Å². The number of nitrogens with zero attached hydrogens (tertiary/aromatic N) is 3. The molecule has 0 aliphatic rings. The molecule has 0 saturated carbocycles. The van der Waals surface area contributed by atoms with Gasteiger partial charge < -0.3 is 9.84 Å². The number of carbonyl (C=O) groups excluding carboxylic acids is 1. The second-order valence-corrected chi connectivity index (χ2v) is 2.15. The second-order valence-electron chi connectivity index (χ2n) is 2.15. The Labute approximate surface area is 72.9 Å². The molecule has 1 N–H and O–H groups in total. The van der Waals surface area contributed by atoms with Gasteiger partial charge in [-0.2, -0.15) is 9.90 Å². The van der Waals surface area contributed by atoms with E-state index in [1.165, 1.54) is 7.11 Å². The van der Waals surface area contributed by atoms with Crippen LogP contribution in [0.15, 0.2) is 6.20 Å². The number of carboxylic acids is 1. The highest BCUT2D eigenvalue weighted by atomic mass is 16.5. The van der Waals surface area contributed by atoms with E-state index in [-0.39, 0.29) is 12.2 Å². The van der Waals surface area contributed by atoms with Crippen LogP contribution in [0.2, 0.25) is 0 Å². The summed E-state index contributed by atoms with van der Waals surface area (Å²) in [6, 6.07) is 0. The van der Waals surface area contributed by atoms with Crippen LogP contribution in [-0.2, 0) is 16.1 Å². The zero-order chi connectivity index (χ0) is 9.84. The van der Waals surface area contributed by atoms with Crippen molar-refractivity contribution in [2.75, 3.05) is 7.11 Å². The third-order valence-corrected chi connectivity index (χ3v) is 1.21. The molecule has 7 nitrogen and oxygen atoms in total. The molecule has 0 spiro atoms. The minimum absolute atomic E-state index is 0.0104. The summed E-state index contributed by atoms with van der Waals surface area (Å²) in [7, 11) is 1.21. The van der Waals surface area contributed by atoms with Gasteiger partial charge in [-0.25, -0.2) is 4.79 Å². The van der Waals surface area contributed by atoms with Crippen molar-refractivity contribution in [3.8, 4) is 0 Å². The molecule has 0 aromatic carbocycles. The van der Waals surface area contributed by atoms with Crippen LogP contribution in [-0.4, -0.2) is 39.1 Å². The molecule has 0 aliphatic heterocycles. The Bertz CT molecular complexity index is 332. The van der Waals surface area contributed by atoms with Gasteiger partial charge in [0.15, 0.2) is 12.2 Å². The molecule has 7 heteroatoms. The topological polar surface area (TPSA) is 94.3 Å². The first-order valence-electron chi connectivity index (χ1n) is 3.33. The van der Waals surface area contributed by atoms with Gasteiger partial charge in [-0.05, 0) is 0 Å². The smallest absolute Gasteiger partial charge is 0.360 e. The van der Waals surface area contributed by atoms with Crippen LogP contribution in [0.3, 0.4) is 0 Å². The summed E-state index contributed by atoms with van der Waals surface area (Å²) in [5.41, 5.74) is -0.0104. The largest absolute Gasteiger partial charge is 0.480 e. The minimum Gasteiger partial charge on any atom is -0.480 e. The minimum atomic E-state index is -1.08. The fourth-order valence-corrected chi connectivity index (χ4v) is 0.693. The Hall–Kier alpha value is -1.92.